The first-order valence-electron chi connectivity index (χ1n) is 8.78. The molecule has 3 heteroatoms. The molecule has 0 aromatic heterocycles. The van der Waals surface area contributed by atoms with Crippen LogP contribution in [0.3, 0.4) is 0 Å². The number of nitrogens with zero attached hydrogens (tertiary/aromatic N) is 1. The van der Waals surface area contributed by atoms with Crippen molar-refractivity contribution in [3.05, 3.63) is 0 Å². The van der Waals surface area contributed by atoms with Crippen LogP contribution >= 0.6 is 0 Å². The van der Waals surface area contributed by atoms with Crippen molar-refractivity contribution in [1.29, 1.82) is 0 Å². The minimum absolute atomic E-state index is 0.436. The molecule has 0 aliphatic carbocycles. The highest BCUT2D eigenvalue weighted by Gasteiger charge is 2.35. The van der Waals surface area contributed by atoms with E-state index >= 15 is 0 Å². The monoisotopic (exact) mass is 278 g/mol. The third kappa shape index (κ3) is 3.36. The smallest absolute Gasteiger partial charge is 0.222 e. The van der Waals surface area contributed by atoms with Crippen LogP contribution in [-0.4, -0.2) is 36.0 Å². The normalized spacial score (nSPS) is 34.5. The fraction of sp³-hybridized carbons (Fsp3) is 0.941. The van der Waals surface area contributed by atoms with E-state index in [0.29, 0.717) is 23.9 Å². The predicted molar refractivity (Wildman–Crippen MR) is 81.5 cm³/mol. The van der Waals surface area contributed by atoms with Gasteiger partial charge in [0.05, 0.1) is 0 Å². The van der Waals surface area contributed by atoms with Gasteiger partial charge in [0.2, 0.25) is 5.91 Å². The summed E-state index contributed by atoms with van der Waals surface area (Å²) >= 11 is 0. The Labute approximate surface area is 123 Å². The van der Waals surface area contributed by atoms with E-state index in [2.05, 4.69) is 17.1 Å². The summed E-state index contributed by atoms with van der Waals surface area (Å²) in [5.41, 5.74) is 0. The SMILES string of the molecule is CCCC1CCN(C(=O)CC2CC3CCC(C2)N3)CC1. The average Bonchev–Trinajstić information content (AvgIpc) is 2.79. The second-order valence-electron chi connectivity index (χ2n) is 7.29. The van der Waals surface area contributed by atoms with Crippen LogP contribution in [0.5, 0.6) is 0 Å². The number of piperidine rings is 2. The van der Waals surface area contributed by atoms with Crippen molar-refractivity contribution in [1.82, 2.24) is 10.2 Å². The maximum atomic E-state index is 12.5. The van der Waals surface area contributed by atoms with Crippen molar-refractivity contribution < 1.29 is 4.79 Å². The van der Waals surface area contributed by atoms with E-state index in [1.165, 1.54) is 51.4 Å². The van der Waals surface area contributed by atoms with Gasteiger partial charge in [-0.05, 0) is 50.4 Å². The van der Waals surface area contributed by atoms with Gasteiger partial charge in [0.25, 0.3) is 0 Å². The van der Waals surface area contributed by atoms with Crippen LogP contribution in [0.2, 0.25) is 0 Å². The molecule has 3 aliphatic rings. The van der Waals surface area contributed by atoms with Crippen molar-refractivity contribution in [3.63, 3.8) is 0 Å². The number of rotatable bonds is 4. The number of likely N-dealkylation sites (tertiary alicyclic amines) is 1. The number of carbonyl (C=O) groups is 1. The molecule has 3 nitrogen and oxygen atoms in total. The number of carbonyl (C=O) groups excluding carboxylic acids is 1. The van der Waals surface area contributed by atoms with Crippen LogP contribution in [0.1, 0.15) is 64.7 Å². The molecule has 0 radical (unpaired) electrons. The third-order valence-electron chi connectivity index (χ3n) is 5.70. The van der Waals surface area contributed by atoms with E-state index in [4.69, 9.17) is 0 Å². The van der Waals surface area contributed by atoms with Crippen LogP contribution in [0, 0.1) is 11.8 Å². The molecule has 1 N–H and O–H groups in total. The predicted octanol–water partition coefficient (Wildman–Crippen LogP) is 2.95. The Hall–Kier alpha value is -0.570. The summed E-state index contributed by atoms with van der Waals surface area (Å²) in [5.74, 6) is 1.96. The second-order valence-corrected chi connectivity index (χ2v) is 7.29. The van der Waals surface area contributed by atoms with Gasteiger partial charge in [-0.15, -0.1) is 0 Å². The van der Waals surface area contributed by atoms with Gasteiger partial charge in [-0.25, -0.2) is 0 Å². The standard InChI is InChI=1S/C17H30N2O/c1-2-3-13-6-8-19(9-7-13)17(20)12-14-10-15-4-5-16(11-14)18-15/h13-16,18H,2-12H2,1H3. The molecule has 0 aromatic rings. The Balaban J connectivity index is 1.43. The first kappa shape index (κ1) is 14.4. The summed E-state index contributed by atoms with van der Waals surface area (Å²) in [5, 5.41) is 3.67. The van der Waals surface area contributed by atoms with Gasteiger partial charge in [0.15, 0.2) is 0 Å². The third-order valence-corrected chi connectivity index (χ3v) is 5.70. The molecule has 3 fully saturated rings. The molecule has 2 bridgehead atoms. The second kappa shape index (κ2) is 6.46. The summed E-state index contributed by atoms with van der Waals surface area (Å²) in [4.78, 5) is 14.6. The van der Waals surface area contributed by atoms with Crippen molar-refractivity contribution >= 4 is 5.91 Å². The Kier molecular flexibility index (Phi) is 4.65. The van der Waals surface area contributed by atoms with Gasteiger partial charge < -0.3 is 10.2 Å². The number of fused-ring (bicyclic) bond motifs is 2. The molecular weight excluding hydrogens is 248 g/mol. The lowest BCUT2D eigenvalue weighted by Crippen LogP contribution is -2.42. The molecule has 0 saturated carbocycles. The zero-order valence-corrected chi connectivity index (χ0v) is 12.9. The zero-order valence-electron chi connectivity index (χ0n) is 12.9. The van der Waals surface area contributed by atoms with Crippen LogP contribution in [-0.2, 0) is 4.79 Å². The van der Waals surface area contributed by atoms with Gasteiger partial charge in [-0.3, -0.25) is 4.79 Å². The largest absolute Gasteiger partial charge is 0.343 e. The van der Waals surface area contributed by atoms with E-state index in [0.717, 1.165) is 25.4 Å². The number of nitrogens with one attached hydrogen (secondary N) is 1. The highest BCUT2D eigenvalue weighted by molar-refractivity contribution is 5.76. The molecule has 114 valence electrons. The van der Waals surface area contributed by atoms with E-state index in [1.807, 2.05) is 0 Å². The summed E-state index contributed by atoms with van der Waals surface area (Å²) in [6, 6.07) is 1.42. The molecule has 3 rings (SSSR count). The molecule has 3 aliphatic heterocycles. The molecule has 3 heterocycles. The zero-order chi connectivity index (χ0) is 13.9. The average molecular weight is 278 g/mol. The molecule has 2 atom stereocenters. The summed E-state index contributed by atoms with van der Waals surface area (Å²) in [6.07, 6.45) is 11.0. The van der Waals surface area contributed by atoms with Gasteiger partial charge >= 0.3 is 0 Å². The van der Waals surface area contributed by atoms with Crippen LogP contribution < -0.4 is 5.32 Å². The highest BCUT2D eigenvalue weighted by Crippen LogP contribution is 2.33. The minimum Gasteiger partial charge on any atom is -0.343 e. The van der Waals surface area contributed by atoms with Crippen LogP contribution in [0.4, 0.5) is 0 Å². The quantitative estimate of drug-likeness (QED) is 0.857. The lowest BCUT2D eigenvalue weighted by Gasteiger charge is -2.34. The van der Waals surface area contributed by atoms with E-state index in [9.17, 15) is 4.79 Å². The summed E-state index contributed by atoms with van der Waals surface area (Å²) in [7, 11) is 0. The van der Waals surface area contributed by atoms with E-state index in [1.54, 1.807) is 0 Å². The molecule has 20 heavy (non-hydrogen) atoms. The fourth-order valence-corrected chi connectivity index (χ4v) is 4.60. The molecular formula is C17H30N2O. The van der Waals surface area contributed by atoms with Crippen molar-refractivity contribution in [2.24, 2.45) is 11.8 Å². The first-order valence-corrected chi connectivity index (χ1v) is 8.78. The van der Waals surface area contributed by atoms with Gasteiger partial charge in [-0.2, -0.15) is 0 Å². The summed E-state index contributed by atoms with van der Waals surface area (Å²) < 4.78 is 0. The Morgan fingerprint density at radius 1 is 1.05 bits per heavy atom. The number of hydrogen-bond donors (Lipinski definition) is 1. The van der Waals surface area contributed by atoms with E-state index < -0.39 is 0 Å². The minimum atomic E-state index is 0.436. The maximum absolute atomic E-state index is 12.5. The van der Waals surface area contributed by atoms with Gasteiger partial charge in [0, 0.05) is 31.6 Å². The summed E-state index contributed by atoms with van der Waals surface area (Å²) in [6.45, 7) is 4.30. The lowest BCUT2D eigenvalue weighted by atomic mass is 9.88. The lowest BCUT2D eigenvalue weighted by molar-refractivity contribution is -0.133. The molecule has 3 saturated heterocycles. The van der Waals surface area contributed by atoms with Gasteiger partial charge in [0.1, 0.15) is 0 Å². The maximum Gasteiger partial charge on any atom is 0.222 e. The molecule has 1 amide bonds. The van der Waals surface area contributed by atoms with Crippen molar-refractivity contribution in [2.75, 3.05) is 13.1 Å². The molecule has 2 unspecified atom stereocenters. The number of hydrogen-bond acceptors (Lipinski definition) is 2. The number of amides is 1. The van der Waals surface area contributed by atoms with Crippen LogP contribution in [0.25, 0.3) is 0 Å². The first-order chi connectivity index (χ1) is 9.74. The van der Waals surface area contributed by atoms with Crippen molar-refractivity contribution in [3.8, 4) is 0 Å². The fourth-order valence-electron chi connectivity index (χ4n) is 4.60. The Morgan fingerprint density at radius 2 is 1.70 bits per heavy atom. The molecule has 0 aromatic carbocycles. The van der Waals surface area contributed by atoms with Crippen molar-refractivity contribution in [2.45, 2.75) is 76.8 Å². The van der Waals surface area contributed by atoms with E-state index in [-0.39, 0.29) is 0 Å². The highest BCUT2D eigenvalue weighted by atomic mass is 16.2. The van der Waals surface area contributed by atoms with Crippen LogP contribution in [0.15, 0.2) is 0 Å². The Bertz CT molecular complexity index is 324. The molecule has 0 spiro atoms. The topological polar surface area (TPSA) is 32.3 Å². The van der Waals surface area contributed by atoms with Gasteiger partial charge in [-0.1, -0.05) is 19.8 Å². The Morgan fingerprint density at radius 3 is 2.30 bits per heavy atom.